The van der Waals surface area contributed by atoms with Crippen molar-refractivity contribution >= 4 is 5.69 Å². The summed E-state index contributed by atoms with van der Waals surface area (Å²) in [5.74, 6) is 0.834. The van der Waals surface area contributed by atoms with Gasteiger partial charge in [-0.2, -0.15) is 5.10 Å². The van der Waals surface area contributed by atoms with E-state index in [9.17, 15) is 0 Å². The standard InChI is InChI=1S/C13H17N3O/c1-10-9-11(2)16(15-10)7-8-17-13-5-3-12(14)4-6-13/h3-6,9H,7-8,14H2,1-2H3. The first-order valence-corrected chi connectivity index (χ1v) is 5.64. The molecule has 0 saturated heterocycles. The van der Waals surface area contributed by atoms with Crippen molar-refractivity contribution in [1.29, 1.82) is 0 Å². The molecule has 4 nitrogen and oxygen atoms in total. The van der Waals surface area contributed by atoms with E-state index in [0.29, 0.717) is 6.61 Å². The van der Waals surface area contributed by atoms with E-state index in [1.807, 2.05) is 42.8 Å². The van der Waals surface area contributed by atoms with E-state index in [4.69, 9.17) is 10.5 Å². The second kappa shape index (κ2) is 4.91. The Kier molecular flexibility index (Phi) is 3.32. The largest absolute Gasteiger partial charge is 0.492 e. The van der Waals surface area contributed by atoms with E-state index in [1.165, 1.54) is 0 Å². The zero-order valence-electron chi connectivity index (χ0n) is 10.2. The van der Waals surface area contributed by atoms with Crippen molar-refractivity contribution < 1.29 is 4.74 Å². The molecular formula is C13H17N3O. The zero-order chi connectivity index (χ0) is 12.3. The number of anilines is 1. The molecular weight excluding hydrogens is 214 g/mol. The normalized spacial score (nSPS) is 10.5. The lowest BCUT2D eigenvalue weighted by molar-refractivity contribution is 0.289. The van der Waals surface area contributed by atoms with Crippen LogP contribution >= 0.6 is 0 Å². The molecule has 0 radical (unpaired) electrons. The van der Waals surface area contributed by atoms with Gasteiger partial charge in [0.25, 0.3) is 0 Å². The molecule has 1 heterocycles. The Morgan fingerprint density at radius 3 is 2.53 bits per heavy atom. The van der Waals surface area contributed by atoms with Gasteiger partial charge in [-0.25, -0.2) is 0 Å². The molecule has 0 atom stereocenters. The maximum atomic E-state index is 5.61. The molecule has 0 fully saturated rings. The average molecular weight is 231 g/mol. The van der Waals surface area contributed by atoms with Gasteiger partial charge < -0.3 is 10.5 Å². The maximum Gasteiger partial charge on any atom is 0.119 e. The molecule has 0 aliphatic heterocycles. The van der Waals surface area contributed by atoms with E-state index in [-0.39, 0.29) is 0 Å². The number of benzene rings is 1. The number of nitrogens with two attached hydrogens (primary N) is 1. The van der Waals surface area contributed by atoms with Crippen LogP contribution in [0.5, 0.6) is 5.75 Å². The van der Waals surface area contributed by atoms with Crippen LogP contribution in [0.25, 0.3) is 0 Å². The second-order valence-electron chi connectivity index (χ2n) is 4.07. The number of ether oxygens (including phenoxy) is 1. The Morgan fingerprint density at radius 1 is 1.24 bits per heavy atom. The summed E-state index contributed by atoms with van der Waals surface area (Å²) < 4.78 is 7.56. The minimum Gasteiger partial charge on any atom is -0.492 e. The van der Waals surface area contributed by atoms with Gasteiger partial charge in [0, 0.05) is 11.4 Å². The number of aryl methyl sites for hydroxylation is 2. The first-order chi connectivity index (χ1) is 8.15. The van der Waals surface area contributed by atoms with Crippen molar-refractivity contribution in [1.82, 2.24) is 9.78 Å². The highest BCUT2D eigenvalue weighted by molar-refractivity contribution is 5.41. The quantitative estimate of drug-likeness (QED) is 0.820. The summed E-state index contributed by atoms with van der Waals surface area (Å²) in [6.45, 7) is 5.39. The summed E-state index contributed by atoms with van der Waals surface area (Å²) in [5, 5.41) is 4.37. The van der Waals surface area contributed by atoms with Gasteiger partial charge in [0.1, 0.15) is 12.4 Å². The molecule has 90 valence electrons. The lowest BCUT2D eigenvalue weighted by Crippen LogP contribution is -2.10. The van der Waals surface area contributed by atoms with Crippen LogP contribution in [0.15, 0.2) is 30.3 Å². The van der Waals surface area contributed by atoms with Crippen molar-refractivity contribution in [2.24, 2.45) is 0 Å². The van der Waals surface area contributed by atoms with Crippen LogP contribution in [0.3, 0.4) is 0 Å². The summed E-state index contributed by atoms with van der Waals surface area (Å²) in [6, 6.07) is 9.47. The van der Waals surface area contributed by atoms with Gasteiger partial charge >= 0.3 is 0 Å². The fourth-order valence-corrected chi connectivity index (χ4v) is 1.72. The smallest absolute Gasteiger partial charge is 0.119 e. The Balaban J connectivity index is 1.87. The van der Waals surface area contributed by atoms with Crippen LogP contribution < -0.4 is 10.5 Å². The van der Waals surface area contributed by atoms with Crippen molar-refractivity contribution in [3.63, 3.8) is 0 Å². The summed E-state index contributed by atoms with van der Waals surface area (Å²) >= 11 is 0. The van der Waals surface area contributed by atoms with Crippen molar-refractivity contribution in [2.75, 3.05) is 12.3 Å². The third kappa shape index (κ3) is 3.00. The minimum absolute atomic E-state index is 0.603. The fourth-order valence-electron chi connectivity index (χ4n) is 1.72. The van der Waals surface area contributed by atoms with Gasteiger partial charge in [0.05, 0.1) is 12.2 Å². The highest BCUT2D eigenvalue weighted by Gasteiger charge is 2.00. The summed E-state index contributed by atoms with van der Waals surface area (Å²) in [5.41, 5.74) is 8.54. The number of nitrogens with zero attached hydrogens (tertiary/aromatic N) is 2. The summed E-state index contributed by atoms with van der Waals surface area (Å²) in [7, 11) is 0. The van der Waals surface area contributed by atoms with Gasteiger partial charge in [-0.05, 0) is 44.2 Å². The van der Waals surface area contributed by atoms with Crippen LogP contribution in [0.4, 0.5) is 5.69 Å². The Labute approximate surface area is 101 Å². The van der Waals surface area contributed by atoms with E-state index in [1.54, 1.807) is 0 Å². The lowest BCUT2D eigenvalue weighted by atomic mass is 10.3. The van der Waals surface area contributed by atoms with Crippen LogP contribution in [-0.2, 0) is 6.54 Å². The van der Waals surface area contributed by atoms with Gasteiger partial charge in [-0.15, -0.1) is 0 Å². The number of rotatable bonds is 4. The predicted molar refractivity (Wildman–Crippen MR) is 68.1 cm³/mol. The number of hydrogen-bond acceptors (Lipinski definition) is 3. The van der Waals surface area contributed by atoms with E-state index in [0.717, 1.165) is 29.4 Å². The molecule has 0 aliphatic carbocycles. The van der Waals surface area contributed by atoms with Gasteiger partial charge in [-0.1, -0.05) is 0 Å². The number of aromatic nitrogens is 2. The van der Waals surface area contributed by atoms with Crippen LogP contribution in [0.1, 0.15) is 11.4 Å². The van der Waals surface area contributed by atoms with Crippen LogP contribution in [-0.4, -0.2) is 16.4 Å². The van der Waals surface area contributed by atoms with Gasteiger partial charge in [0.15, 0.2) is 0 Å². The molecule has 0 spiro atoms. The third-order valence-electron chi connectivity index (χ3n) is 2.56. The Morgan fingerprint density at radius 2 is 1.94 bits per heavy atom. The topological polar surface area (TPSA) is 53.1 Å². The molecule has 1 aromatic heterocycles. The van der Waals surface area contributed by atoms with Crippen LogP contribution in [0, 0.1) is 13.8 Å². The Hall–Kier alpha value is -1.97. The van der Waals surface area contributed by atoms with Gasteiger partial charge in [-0.3, -0.25) is 4.68 Å². The zero-order valence-corrected chi connectivity index (χ0v) is 10.2. The molecule has 0 saturated carbocycles. The molecule has 2 rings (SSSR count). The minimum atomic E-state index is 0.603. The summed E-state index contributed by atoms with van der Waals surface area (Å²) in [6.07, 6.45) is 0. The molecule has 0 bridgehead atoms. The molecule has 2 N–H and O–H groups in total. The molecule has 0 amide bonds. The van der Waals surface area contributed by atoms with E-state index >= 15 is 0 Å². The highest BCUT2D eigenvalue weighted by atomic mass is 16.5. The monoisotopic (exact) mass is 231 g/mol. The van der Waals surface area contributed by atoms with Crippen LogP contribution in [0.2, 0.25) is 0 Å². The van der Waals surface area contributed by atoms with Crippen molar-refractivity contribution in [3.8, 4) is 5.75 Å². The lowest BCUT2D eigenvalue weighted by Gasteiger charge is -2.07. The number of nitrogen functional groups attached to an aromatic ring is 1. The van der Waals surface area contributed by atoms with E-state index < -0.39 is 0 Å². The third-order valence-corrected chi connectivity index (χ3v) is 2.56. The second-order valence-corrected chi connectivity index (χ2v) is 4.07. The SMILES string of the molecule is Cc1cc(C)n(CCOc2ccc(N)cc2)n1. The predicted octanol–water partition coefficient (Wildman–Crippen LogP) is 2.16. The van der Waals surface area contributed by atoms with Crippen molar-refractivity contribution in [3.05, 3.63) is 41.7 Å². The first kappa shape index (κ1) is 11.5. The maximum absolute atomic E-state index is 5.61. The summed E-state index contributed by atoms with van der Waals surface area (Å²) in [4.78, 5) is 0. The van der Waals surface area contributed by atoms with E-state index in [2.05, 4.69) is 11.2 Å². The Bertz CT molecular complexity index is 488. The fraction of sp³-hybridized carbons (Fsp3) is 0.308. The molecule has 0 unspecified atom stereocenters. The first-order valence-electron chi connectivity index (χ1n) is 5.64. The number of hydrogen-bond donors (Lipinski definition) is 1. The molecule has 2 aromatic rings. The highest BCUT2D eigenvalue weighted by Crippen LogP contribution is 2.13. The molecule has 0 aliphatic rings. The van der Waals surface area contributed by atoms with Gasteiger partial charge in [0.2, 0.25) is 0 Å². The molecule has 1 aromatic carbocycles. The molecule has 17 heavy (non-hydrogen) atoms. The van der Waals surface area contributed by atoms with Crippen molar-refractivity contribution in [2.45, 2.75) is 20.4 Å². The molecule has 4 heteroatoms. The average Bonchev–Trinajstić information content (AvgIpc) is 2.60.